The number of benzene rings is 3. The van der Waals surface area contributed by atoms with Gasteiger partial charge in [-0.3, -0.25) is 4.79 Å². The number of hydrogen-bond donors (Lipinski definition) is 2. The summed E-state index contributed by atoms with van der Waals surface area (Å²) < 4.78 is 11.0. The van der Waals surface area contributed by atoms with Crippen molar-refractivity contribution in [3.63, 3.8) is 0 Å². The summed E-state index contributed by atoms with van der Waals surface area (Å²) in [4.78, 5) is 14.5. The molecule has 4 rings (SSSR count). The van der Waals surface area contributed by atoms with Gasteiger partial charge >= 0.3 is 0 Å². The van der Waals surface area contributed by atoms with Crippen molar-refractivity contribution in [2.45, 2.75) is 31.9 Å². The number of nitrogens with one attached hydrogen (secondary N) is 1. The standard InChI is InChI=1S/C28H32Cl2N2O4/c1-28(2,16-19-7-8-20-5-3-4-6-21(20)15-19)31-17-22(33)18-36-24-10-9-23(25(29)26(24)30)27(34)32-11-13-35-14-12-32/h3-10,15,22,31,33H,11-14,16-18H2,1-2H3/t22-/m1/s1. The second-order valence-corrected chi connectivity index (χ2v) is 10.5. The first-order chi connectivity index (χ1) is 17.2. The van der Waals surface area contributed by atoms with Crippen LogP contribution in [0, 0.1) is 0 Å². The minimum atomic E-state index is -0.759. The average Bonchev–Trinajstić information content (AvgIpc) is 2.88. The molecule has 192 valence electrons. The van der Waals surface area contributed by atoms with Gasteiger partial charge in [0.25, 0.3) is 5.91 Å². The normalized spacial score (nSPS) is 15.2. The number of fused-ring (bicyclic) bond motifs is 1. The zero-order chi connectivity index (χ0) is 25.7. The smallest absolute Gasteiger partial charge is 0.255 e. The predicted molar refractivity (Wildman–Crippen MR) is 144 cm³/mol. The maximum absolute atomic E-state index is 12.8. The first-order valence-corrected chi connectivity index (χ1v) is 12.9. The molecule has 0 aliphatic carbocycles. The third kappa shape index (κ3) is 6.69. The molecule has 36 heavy (non-hydrogen) atoms. The Morgan fingerprint density at radius 3 is 2.56 bits per heavy atom. The van der Waals surface area contributed by atoms with Crippen LogP contribution in [0.3, 0.4) is 0 Å². The molecule has 1 atom stereocenters. The number of aliphatic hydroxyl groups excluding tert-OH is 1. The van der Waals surface area contributed by atoms with Crippen molar-refractivity contribution in [2.75, 3.05) is 39.5 Å². The van der Waals surface area contributed by atoms with E-state index in [-0.39, 0.29) is 28.1 Å². The Morgan fingerprint density at radius 1 is 1.08 bits per heavy atom. The highest BCUT2D eigenvalue weighted by molar-refractivity contribution is 6.44. The third-order valence-electron chi connectivity index (χ3n) is 6.28. The molecule has 1 aliphatic rings. The number of hydrogen-bond acceptors (Lipinski definition) is 5. The summed E-state index contributed by atoms with van der Waals surface area (Å²) in [6.45, 7) is 6.63. The van der Waals surface area contributed by atoms with E-state index in [4.69, 9.17) is 32.7 Å². The Labute approximate surface area is 222 Å². The van der Waals surface area contributed by atoms with Gasteiger partial charge in [-0.15, -0.1) is 0 Å². The van der Waals surface area contributed by atoms with E-state index in [9.17, 15) is 9.90 Å². The molecule has 3 aromatic rings. The van der Waals surface area contributed by atoms with Crippen LogP contribution in [-0.2, 0) is 11.2 Å². The summed E-state index contributed by atoms with van der Waals surface area (Å²) >= 11 is 12.8. The van der Waals surface area contributed by atoms with Crippen molar-refractivity contribution in [3.8, 4) is 5.75 Å². The number of morpholine rings is 1. The van der Waals surface area contributed by atoms with Crippen LogP contribution < -0.4 is 10.1 Å². The fraction of sp³-hybridized carbons (Fsp3) is 0.393. The first-order valence-electron chi connectivity index (χ1n) is 12.1. The van der Waals surface area contributed by atoms with Gasteiger partial charge in [-0.2, -0.15) is 0 Å². The highest BCUT2D eigenvalue weighted by Crippen LogP contribution is 2.35. The third-order valence-corrected chi connectivity index (χ3v) is 7.15. The van der Waals surface area contributed by atoms with Crippen LogP contribution in [0.15, 0.2) is 54.6 Å². The van der Waals surface area contributed by atoms with Crippen LogP contribution in [0.5, 0.6) is 5.75 Å². The van der Waals surface area contributed by atoms with Crippen LogP contribution in [0.25, 0.3) is 10.8 Å². The van der Waals surface area contributed by atoms with Crippen molar-refractivity contribution in [1.29, 1.82) is 0 Å². The molecule has 6 nitrogen and oxygen atoms in total. The minimum absolute atomic E-state index is 0.0336. The lowest BCUT2D eigenvalue weighted by atomic mass is 9.93. The molecule has 1 fully saturated rings. The van der Waals surface area contributed by atoms with Gasteiger partial charge in [0.2, 0.25) is 0 Å². The predicted octanol–water partition coefficient (Wildman–Crippen LogP) is 4.97. The quantitative estimate of drug-likeness (QED) is 0.408. The lowest BCUT2D eigenvalue weighted by Gasteiger charge is -2.28. The number of halogens is 2. The van der Waals surface area contributed by atoms with E-state index in [1.165, 1.54) is 16.3 Å². The van der Waals surface area contributed by atoms with Crippen molar-refractivity contribution in [1.82, 2.24) is 10.2 Å². The first kappa shape index (κ1) is 26.7. The summed E-state index contributed by atoms with van der Waals surface area (Å²) in [5.74, 6) is 0.143. The van der Waals surface area contributed by atoms with Crippen molar-refractivity contribution >= 4 is 39.9 Å². The molecule has 1 heterocycles. The summed E-state index contributed by atoms with van der Waals surface area (Å²) in [6, 6.07) is 18.0. The van der Waals surface area contributed by atoms with Gasteiger partial charge in [0.1, 0.15) is 23.5 Å². The Kier molecular flexibility index (Phi) is 8.75. The maximum Gasteiger partial charge on any atom is 0.255 e. The van der Waals surface area contributed by atoms with Crippen LogP contribution in [0.1, 0.15) is 29.8 Å². The number of nitrogens with zero attached hydrogens (tertiary/aromatic N) is 1. The molecule has 0 aromatic heterocycles. The molecule has 2 N–H and O–H groups in total. The number of rotatable bonds is 9. The average molecular weight is 531 g/mol. The molecule has 0 bridgehead atoms. The largest absolute Gasteiger partial charge is 0.489 e. The molecule has 1 saturated heterocycles. The van der Waals surface area contributed by atoms with Gasteiger partial charge in [-0.25, -0.2) is 0 Å². The molecule has 3 aromatic carbocycles. The summed E-state index contributed by atoms with van der Waals surface area (Å²) in [5.41, 5.74) is 1.32. The number of amides is 1. The maximum atomic E-state index is 12.8. The number of aliphatic hydroxyl groups is 1. The van der Waals surface area contributed by atoms with E-state index < -0.39 is 6.10 Å². The van der Waals surface area contributed by atoms with Crippen LogP contribution in [0.2, 0.25) is 10.0 Å². The van der Waals surface area contributed by atoms with Gasteiger partial charge in [-0.05, 0) is 48.7 Å². The van der Waals surface area contributed by atoms with Crippen LogP contribution >= 0.6 is 23.2 Å². The van der Waals surface area contributed by atoms with E-state index in [1.54, 1.807) is 17.0 Å². The van der Waals surface area contributed by atoms with Gasteiger partial charge in [-0.1, -0.05) is 65.7 Å². The summed E-state index contributed by atoms with van der Waals surface area (Å²) in [6.07, 6.45) is 0.0521. The fourth-order valence-electron chi connectivity index (χ4n) is 4.31. The van der Waals surface area contributed by atoms with Gasteiger partial charge < -0.3 is 24.8 Å². The molecule has 0 unspecified atom stereocenters. The van der Waals surface area contributed by atoms with Gasteiger partial charge in [0.05, 0.1) is 23.8 Å². The molecule has 0 radical (unpaired) electrons. The highest BCUT2D eigenvalue weighted by atomic mass is 35.5. The van der Waals surface area contributed by atoms with Gasteiger partial charge in [0.15, 0.2) is 0 Å². The molecule has 0 spiro atoms. The number of carbonyl (C=O) groups is 1. The fourth-order valence-corrected chi connectivity index (χ4v) is 4.76. The zero-order valence-electron chi connectivity index (χ0n) is 20.6. The lowest BCUT2D eigenvalue weighted by molar-refractivity contribution is 0.0303. The van der Waals surface area contributed by atoms with Gasteiger partial charge in [0, 0.05) is 25.2 Å². The molecule has 1 amide bonds. The van der Waals surface area contributed by atoms with E-state index in [0.29, 0.717) is 44.2 Å². The second kappa shape index (κ2) is 11.8. The van der Waals surface area contributed by atoms with Crippen LogP contribution in [-0.4, -0.2) is 67.0 Å². The van der Waals surface area contributed by atoms with E-state index in [2.05, 4.69) is 49.5 Å². The molecule has 8 heteroatoms. The Bertz CT molecular complexity index is 1210. The number of β-amino-alcohol motifs (C(OH)–C–C–N with tert-alkyl or cyclic N) is 1. The van der Waals surface area contributed by atoms with E-state index >= 15 is 0 Å². The SMILES string of the molecule is CC(C)(Cc1ccc2ccccc2c1)NC[C@@H](O)COc1ccc(C(=O)N2CCOCC2)c(Cl)c1Cl. The second-order valence-electron chi connectivity index (χ2n) is 9.73. The summed E-state index contributed by atoms with van der Waals surface area (Å²) in [7, 11) is 0. The molecular weight excluding hydrogens is 499 g/mol. The van der Waals surface area contributed by atoms with Crippen molar-refractivity contribution in [2.24, 2.45) is 0 Å². The van der Waals surface area contributed by atoms with E-state index in [1.807, 2.05) is 12.1 Å². The molecule has 1 aliphatic heterocycles. The number of ether oxygens (including phenoxy) is 2. The topological polar surface area (TPSA) is 71.0 Å². The lowest BCUT2D eigenvalue weighted by Crippen LogP contribution is -2.46. The van der Waals surface area contributed by atoms with Crippen LogP contribution in [0.4, 0.5) is 0 Å². The molecule has 0 saturated carbocycles. The number of carbonyl (C=O) groups excluding carboxylic acids is 1. The van der Waals surface area contributed by atoms with Crippen molar-refractivity contribution in [3.05, 3.63) is 75.8 Å². The Morgan fingerprint density at radius 2 is 1.81 bits per heavy atom. The summed E-state index contributed by atoms with van der Waals surface area (Å²) in [5, 5.41) is 16.7. The monoisotopic (exact) mass is 530 g/mol. The Balaban J connectivity index is 1.29. The van der Waals surface area contributed by atoms with E-state index in [0.717, 1.165) is 6.42 Å². The molecular formula is C28H32Cl2N2O4. The minimum Gasteiger partial charge on any atom is -0.489 e. The zero-order valence-corrected chi connectivity index (χ0v) is 22.1. The highest BCUT2D eigenvalue weighted by Gasteiger charge is 2.24. The van der Waals surface area contributed by atoms with Crippen molar-refractivity contribution < 1.29 is 19.4 Å². The Hall–Kier alpha value is -2.35.